The monoisotopic (exact) mass is 556 g/mol. The van der Waals surface area contributed by atoms with Crippen molar-refractivity contribution in [3.8, 4) is 0 Å². The molecule has 2 rings (SSSR count). The van der Waals surface area contributed by atoms with Gasteiger partial charge >= 0.3 is 5.97 Å². The number of allylic oxidation sites excluding steroid dienone is 2. The lowest BCUT2D eigenvalue weighted by Gasteiger charge is -2.39. The average Bonchev–Trinajstić information content (AvgIpc) is 3.15. The molecule has 0 bridgehead atoms. The van der Waals surface area contributed by atoms with Crippen molar-refractivity contribution in [2.75, 3.05) is 0 Å². The van der Waals surface area contributed by atoms with Crippen molar-refractivity contribution in [1.82, 2.24) is 0 Å². The van der Waals surface area contributed by atoms with Crippen LogP contribution in [0.3, 0.4) is 0 Å². The molecule has 1 N–H and O–H groups in total. The largest absolute Gasteiger partial charge is 0.481 e. The van der Waals surface area contributed by atoms with E-state index in [1.165, 1.54) is 6.42 Å². The van der Waals surface area contributed by atoms with Gasteiger partial charge in [0.05, 0.1) is 18.8 Å². The van der Waals surface area contributed by atoms with Crippen LogP contribution in [0.15, 0.2) is 54.6 Å². The highest BCUT2D eigenvalue weighted by Crippen LogP contribution is 2.43. The molecule has 0 amide bonds. The number of ketones is 1. The van der Waals surface area contributed by atoms with Gasteiger partial charge in [0, 0.05) is 24.7 Å². The fourth-order valence-electron chi connectivity index (χ4n) is 4.77. The molecule has 0 saturated heterocycles. The number of carboxylic acids is 1. The quantitative estimate of drug-likeness (QED) is 0.118. The number of Topliss-reactive ketones (excluding diaryl/α,β-unsaturated/α-hetero) is 1. The lowest BCUT2D eigenvalue weighted by Crippen LogP contribution is -2.45. The summed E-state index contributed by atoms with van der Waals surface area (Å²) in [4.78, 5) is 24.1. The molecule has 0 aliphatic heterocycles. The number of hydrogen-bond donors (Lipinski definition) is 1. The number of rotatable bonds is 17. The fraction of sp³-hybridized carbons (Fsp3) is 0.636. The van der Waals surface area contributed by atoms with Crippen molar-refractivity contribution in [2.24, 2.45) is 11.8 Å². The van der Waals surface area contributed by atoms with Gasteiger partial charge in [0.15, 0.2) is 8.32 Å². The van der Waals surface area contributed by atoms with Crippen LogP contribution >= 0.6 is 0 Å². The third-order valence-corrected chi connectivity index (χ3v) is 12.7. The Kier molecular flexibility index (Phi) is 13.9. The molecule has 1 aromatic carbocycles. The van der Waals surface area contributed by atoms with Crippen LogP contribution in [0, 0.1) is 11.8 Å². The molecule has 39 heavy (non-hydrogen) atoms. The van der Waals surface area contributed by atoms with E-state index in [2.05, 4.69) is 71.1 Å². The van der Waals surface area contributed by atoms with Gasteiger partial charge in [-0.2, -0.15) is 0 Å². The second-order valence-corrected chi connectivity index (χ2v) is 17.2. The Bertz CT molecular complexity index is 931. The van der Waals surface area contributed by atoms with Crippen LogP contribution in [0.5, 0.6) is 0 Å². The van der Waals surface area contributed by atoms with E-state index < -0.39 is 14.3 Å². The number of carbonyl (C=O) groups is 2. The molecule has 5 nitrogen and oxygen atoms in total. The minimum Gasteiger partial charge on any atom is -0.481 e. The summed E-state index contributed by atoms with van der Waals surface area (Å²) in [5, 5.41) is 8.93. The van der Waals surface area contributed by atoms with Crippen molar-refractivity contribution in [3.63, 3.8) is 0 Å². The normalized spacial score (nSPS) is 21.3. The van der Waals surface area contributed by atoms with Gasteiger partial charge in [0.2, 0.25) is 0 Å². The van der Waals surface area contributed by atoms with Crippen LogP contribution in [0.25, 0.3) is 0 Å². The molecule has 1 unspecified atom stereocenters. The molecule has 0 heterocycles. The molecule has 1 aliphatic rings. The minimum atomic E-state index is -2.06. The van der Waals surface area contributed by atoms with Gasteiger partial charge in [-0.05, 0) is 49.4 Å². The predicted octanol–water partition coefficient (Wildman–Crippen LogP) is 8.51. The molecule has 0 aromatic heterocycles. The number of unbranched alkanes of at least 4 members (excludes halogenated alkanes) is 3. The van der Waals surface area contributed by atoms with Gasteiger partial charge < -0.3 is 14.3 Å². The molecular formula is C33H52O5Si. The molecular weight excluding hydrogens is 504 g/mol. The number of carbonyl (C=O) groups excluding carboxylic acids is 1. The third-order valence-electron chi connectivity index (χ3n) is 8.23. The third kappa shape index (κ3) is 11.5. The highest BCUT2D eigenvalue weighted by atomic mass is 28.4. The van der Waals surface area contributed by atoms with Gasteiger partial charge in [-0.15, -0.1) is 0 Å². The van der Waals surface area contributed by atoms with Gasteiger partial charge in [-0.25, -0.2) is 0 Å². The molecule has 4 atom stereocenters. The van der Waals surface area contributed by atoms with Crippen LogP contribution in [0.4, 0.5) is 0 Å². The Labute approximate surface area is 238 Å². The maximum absolute atomic E-state index is 13.3. The molecule has 218 valence electrons. The van der Waals surface area contributed by atoms with Crippen LogP contribution < -0.4 is 0 Å². The summed E-state index contributed by atoms with van der Waals surface area (Å²) >= 11 is 0. The van der Waals surface area contributed by atoms with Crippen LogP contribution in [-0.2, 0) is 25.4 Å². The van der Waals surface area contributed by atoms with Gasteiger partial charge in [-0.3, -0.25) is 9.59 Å². The van der Waals surface area contributed by atoms with E-state index in [9.17, 15) is 9.59 Å². The van der Waals surface area contributed by atoms with Gasteiger partial charge in [0.1, 0.15) is 5.78 Å². The molecule has 1 aromatic rings. The van der Waals surface area contributed by atoms with Crippen molar-refractivity contribution in [2.45, 2.75) is 122 Å². The number of benzene rings is 1. The summed E-state index contributed by atoms with van der Waals surface area (Å²) in [6.07, 6.45) is 15.4. The van der Waals surface area contributed by atoms with Crippen LogP contribution in [0.1, 0.15) is 91.0 Å². The first-order valence-corrected chi connectivity index (χ1v) is 17.8. The Balaban J connectivity index is 2.21. The fourth-order valence-corrected chi connectivity index (χ4v) is 6.12. The smallest absolute Gasteiger partial charge is 0.303 e. The molecule has 1 fully saturated rings. The SMILES string of the molecule is CCCCCC(C=C[C@H]1[C@H](O[Si](C)(C)C(C)(C)C)CC(=O)[C@@H]1CC=CCCCC(=O)O)OCc1ccccc1. The standard InChI is InChI=1S/C33H52O5Si/c1-7-8-12-19-27(37-25-26-17-13-11-14-18-26)22-23-29-28(20-15-9-10-16-21-32(35)36)30(34)24-31(29)38-39(5,6)33(2,3)4/h9,11,13-15,17-18,22-23,27-29,31H,7-8,10,12,16,19-21,24-25H2,1-6H3,(H,35,36)/t27?,28-,29-,31-/m1/s1. The van der Waals surface area contributed by atoms with Crippen molar-refractivity contribution in [3.05, 3.63) is 60.2 Å². The average molecular weight is 557 g/mol. The maximum Gasteiger partial charge on any atom is 0.303 e. The summed E-state index contributed by atoms with van der Waals surface area (Å²) in [5.74, 6) is -0.633. The second kappa shape index (κ2) is 16.3. The van der Waals surface area contributed by atoms with E-state index in [4.69, 9.17) is 14.3 Å². The maximum atomic E-state index is 13.3. The van der Waals surface area contributed by atoms with E-state index in [0.29, 0.717) is 32.3 Å². The molecule has 1 saturated carbocycles. The van der Waals surface area contributed by atoms with Gasteiger partial charge in [0.25, 0.3) is 0 Å². The summed E-state index contributed by atoms with van der Waals surface area (Å²) in [6, 6.07) is 10.3. The van der Waals surface area contributed by atoms with Gasteiger partial charge in [-0.1, -0.05) is 102 Å². The molecule has 6 heteroatoms. The van der Waals surface area contributed by atoms with E-state index in [0.717, 1.165) is 24.8 Å². The zero-order valence-electron chi connectivity index (χ0n) is 25.2. The Hall–Kier alpha value is -2.02. The highest BCUT2D eigenvalue weighted by Gasteiger charge is 2.46. The van der Waals surface area contributed by atoms with E-state index in [1.54, 1.807) is 0 Å². The first kappa shape index (κ1) is 33.2. The first-order chi connectivity index (χ1) is 18.4. The lowest BCUT2D eigenvalue weighted by atomic mass is 9.90. The number of aliphatic carboxylic acids is 1. The van der Waals surface area contributed by atoms with Crippen LogP contribution in [-0.4, -0.2) is 37.4 Å². The molecule has 1 aliphatic carbocycles. The Morgan fingerprint density at radius 3 is 2.49 bits per heavy atom. The Morgan fingerprint density at radius 2 is 1.85 bits per heavy atom. The number of hydrogen-bond acceptors (Lipinski definition) is 4. The summed E-state index contributed by atoms with van der Waals surface area (Å²) in [6.45, 7) is 14.0. The highest BCUT2D eigenvalue weighted by molar-refractivity contribution is 6.74. The zero-order valence-corrected chi connectivity index (χ0v) is 26.2. The topological polar surface area (TPSA) is 72.8 Å². The minimum absolute atomic E-state index is 0.00398. The van der Waals surface area contributed by atoms with E-state index >= 15 is 0 Å². The second-order valence-electron chi connectivity index (χ2n) is 12.5. The number of carboxylic acid groups (broad SMARTS) is 1. The predicted molar refractivity (Wildman–Crippen MR) is 162 cm³/mol. The Morgan fingerprint density at radius 1 is 1.13 bits per heavy atom. The first-order valence-electron chi connectivity index (χ1n) is 14.9. The summed E-state index contributed by atoms with van der Waals surface area (Å²) in [7, 11) is -2.06. The zero-order chi connectivity index (χ0) is 28.9. The summed E-state index contributed by atoms with van der Waals surface area (Å²) < 4.78 is 13.2. The molecule has 0 spiro atoms. The van der Waals surface area contributed by atoms with Crippen molar-refractivity contribution in [1.29, 1.82) is 0 Å². The van der Waals surface area contributed by atoms with Crippen LogP contribution in [0.2, 0.25) is 18.1 Å². The lowest BCUT2D eigenvalue weighted by molar-refractivity contribution is -0.137. The van der Waals surface area contributed by atoms with Crippen molar-refractivity contribution < 1.29 is 23.9 Å². The summed E-state index contributed by atoms with van der Waals surface area (Å²) in [5.41, 5.74) is 1.16. The number of ether oxygens (including phenoxy) is 1. The van der Waals surface area contributed by atoms with E-state index in [-0.39, 0.29) is 41.3 Å². The molecule has 0 radical (unpaired) electrons. The van der Waals surface area contributed by atoms with E-state index in [1.807, 2.05) is 24.3 Å². The van der Waals surface area contributed by atoms with Crippen molar-refractivity contribution >= 4 is 20.1 Å².